The van der Waals surface area contributed by atoms with E-state index in [0.29, 0.717) is 16.8 Å². The maximum Gasteiger partial charge on any atom is 0.337 e. The Morgan fingerprint density at radius 1 is 1.09 bits per heavy atom. The van der Waals surface area contributed by atoms with Crippen molar-refractivity contribution in [2.75, 3.05) is 0 Å². The number of hydrogen-bond donors (Lipinski definition) is 1. The smallest absolute Gasteiger partial charge is 0.337 e. The second kappa shape index (κ2) is 5.42. The molecule has 4 nitrogen and oxygen atoms in total. The van der Waals surface area contributed by atoms with Crippen LogP contribution >= 0.6 is 15.9 Å². The summed E-state index contributed by atoms with van der Waals surface area (Å²) in [7, 11) is 0. The maximum atomic E-state index is 12.7. The first-order valence-electron chi connectivity index (χ1n) is 6.63. The van der Waals surface area contributed by atoms with Crippen molar-refractivity contribution < 1.29 is 14.7 Å². The number of fused-ring (bicyclic) bond motifs is 1. The summed E-state index contributed by atoms with van der Waals surface area (Å²) in [5, 5.41) is 9.34. The number of carbonyl (C=O) groups excluding carboxylic acids is 1. The van der Waals surface area contributed by atoms with Gasteiger partial charge in [0, 0.05) is 15.7 Å². The SMILES string of the molecule is Cc1cccc2c(C(=O)O)cc(C(=O)c3ccc(Br)cc3)n12. The van der Waals surface area contributed by atoms with Crippen molar-refractivity contribution in [3.8, 4) is 0 Å². The fraction of sp³-hybridized carbons (Fsp3) is 0.0588. The van der Waals surface area contributed by atoms with Crippen LogP contribution in [0.1, 0.15) is 32.1 Å². The zero-order chi connectivity index (χ0) is 15.9. The van der Waals surface area contributed by atoms with Gasteiger partial charge in [-0.2, -0.15) is 0 Å². The van der Waals surface area contributed by atoms with E-state index in [9.17, 15) is 14.7 Å². The van der Waals surface area contributed by atoms with Gasteiger partial charge in [-0.15, -0.1) is 0 Å². The van der Waals surface area contributed by atoms with E-state index in [1.54, 1.807) is 40.8 Å². The van der Waals surface area contributed by atoms with E-state index >= 15 is 0 Å². The Labute approximate surface area is 135 Å². The molecule has 0 atom stereocenters. The van der Waals surface area contributed by atoms with Gasteiger partial charge in [0.25, 0.3) is 0 Å². The van der Waals surface area contributed by atoms with Crippen LogP contribution < -0.4 is 0 Å². The van der Waals surface area contributed by atoms with Crippen molar-refractivity contribution >= 4 is 33.2 Å². The van der Waals surface area contributed by atoms with E-state index in [1.165, 1.54) is 6.07 Å². The summed E-state index contributed by atoms with van der Waals surface area (Å²) in [5.41, 5.74) is 2.33. The standard InChI is InChI=1S/C17H12BrNO3/c1-10-3-2-4-14-13(17(21)22)9-15(19(10)14)16(20)11-5-7-12(18)8-6-11/h2-9H,1H3,(H,21,22). The summed E-state index contributed by atoms with van der Waals surface area (Å²) in [6, 6.07) is 13.8. The van der Waals surface area contributed by atoms with Gasteiger partial charge in [-0.05, 0) is 49.4 Å². The number of pyridine rings is 1. The third kappa shape index (κ3) is 2.33. The molecule has 5 heteroatoms. The molecule has 1 aromatic carbocycles. The number of ketones is 1. The predicted octanol–water partition coefficient (Wildman–Crippen LogP) is 3.94. The van der Waals surface area contributed by atoms with Gasteiger partial charge in [0.2, 0.25) is 5.78 Å². The van der Waals surface area contributed by atoms with Gasteiger partial charge in [0.15, 0.2) is 0 Å². The topological polar surface area (TPSA) is 58.8 Å². The molecule has 0 aliphatic heterocycles. The Morgan fingerprint density at radius 2 is 1.77 bits per heavy atom. The van der Waals surface area contributed by atoms with Gasteiger partial charge in [0.05, 0.1) is 16.8 Å². The first-order chi connectivity index (χ1) is 10.5. The molecule has 2 aromatic heterocycles. The van der Waals surface area contributed by atoms with Gasteiger partial charge in [-0.25, -0.2) is 4.79 Å². The van der Waals surface area contributed by atoms with Crippen molar-refractivity contribution in [1.82, 2.24) is 4.40 Å². The molecule has 0 fully saturated rings. The predicted molar refractivity (Wildman–Crippen MR) is 86.7 cm³/mol. The molecule has 0 spiro atoms. The van der Waals surface area contributed by atoms with Crippen LogP contribution in [0.5, 0.6) is 0 Å². The van der Waals surface area contributed by atoms with Crippen molar-refractivity contribution in [2.24, 2.45) is 0 Å². The van der Waals surface area contributed by atoms with Gasteiger partial charge >= 0.3 is 5.97 Å². The number of rotatable bonds is 3. The van der Waals surface area contributed by atoms with Crippen molar-refractivity contribution in [3.05, 3.63) is 75.5 Å². The lowest BCUT2D eigenvalue weighted by Crippen LogP contribution is -2.06. The highest BCUT2D eigenvalue weighted by molar-refractivity contribution is 9.10. The molecule has 0 radical (unpaired) electrons. The minimum Gasteiger partial charge on any atom is -0.478 e. The molecule has 0 bridgehead atoms. The Bertz CT molecular complexity index is 894. The summed E-state index contributed by atoms with van der Waals surface area (Å²) in [6.45, 7) is 1.84. The van der Waals surface area contributed by atoms with E-state index in [4.69, 9.17) is 0 Å². The number of carboxylic acids is 1. The molecule has 3 rings (SSSR count). The lowest BCUT2D eigenvalue weighted by Gasteiger charge is -2.06. The largest absolute Gasteiger partial charge is 0.478 e. The van der Waals surface area contributed by atoms with Crippen LogP contribution in [0.15, 0.2) is 53.0 Å². The Hall–Kier alpha value is -2.40. The molecule has 0 unspecified atom stereocenters. The summed E-state index contributed by atoms with van der Waals surface area (Å²) < 4.78 is 2.57. The lowest BCUT2D eigenvalue weighted by atomic mass is 10.1. The Kier molecular flexibility index (Phi) is 3.58. The second-order valence-electron chi connectivity index (χ2n) is 4.97. The minimum absolute atomic E-state index is 0.129. The zero-order valence-electron chi connectivity index (χ0n) is 11.7. The van der Waals surface area contributed by atoms with E-state index in [1.807, 2.05) is 13.0 Å². The molecule has 22 heavy (non-hydrogen) atoms. The van der Waals surface area contributed by atoms with Crippen LogP contribution in [0.2, 0.25) is 0 Å². The van der Waals surface area contributed by atoms with Crippen LogP contribution in [0, 0.1) is 6.92 Å². The van der Waals surface area contributed by atoms with Gasteiger partial charge in [0.1, 0.15) is 0 Å². The number of carbonyl (C=O) groups is 2. The van der Waals surface area contributed by atoms with Crippen LogP contribution in [-0.4, -0.2) is 21.3 Å². The maximum absolute atomic E-state index is 12.7. The van der Waals surface area contributed by atoms with Crippen molar-refractivity contribution in [2.45, 2.75) is 6.92 Å². The molecular formula is C17H12BrNO3. The van der Waals surface area contributed by atoms with Crippen LogP contribution in [0.4, 0.5) is 0 Å². The van der Waals surface area contributed by atoms with Crippen molar-refractivity contribution in [3.63, 3.8) is 0 Å². The van der Waals surface area contributed by atoms with Crippen LogP contribution in [0.3, 0.4) is 0 Å². The first kappa shape index (κ1) is 14.5. The monoisotopic (exact) mass is 357 g/mol. The number of hydrogen-bond acceptors (Lipinski definition) is 2. The highest BCUT2D eigenvalue weighted by Gasteiger charge is 2.20. The molecule has 1 N–H and O–H groups in total. The van der Waals surface area contributed by atoms with E-state index < -0.39 is 5.97 Å². The van der Waals surface area contributed by atoms with Crippen molar-refractivity contribution in [1.29, 1.82) is 0 Å². The molecule has 0 amide bonds. The third-order valence-corrected chi connectivity index (χ3v) is 4.08. The fourth-order valence-electron chi connectivity index (χ4n) is 2.51. The Morgan fingerprint density at radius 3 is 2.41 bits per heavy atom. The van der Waals surface area contributed by atoms with Gasteiger partial charge in [-0.1, -0.05) is 22.0 Å². The molecule has 110 valence electrons. The van der Waals surface area contributed by atoms with E-state index in [-0.39, 0.29) is 11.3 Å². The molecule has 0 aliphatic carbocycles. The zero-order valence-corrected chi connectivity index (χ0v) is 13.3. The van der Waals surface area contributed by atoms with Crippen LogP contribution in [-0.2, 0) is 0 Å². The number of aryl methyl sites for hydroxylation is 1. The quantitative estimate of drug-likeness (QED) is 0.722. The average Bonchev–Trinajstić information content (AvgIpc) is 2.88. The summed E-state index contributed by atoms with van der Waals surface area (Å²) >= 11 is 3.33. The molecule has 2 heterocycles. The third-order valence-electron chi connectivity index (χ3n) is 3.55. The fourth-order valence-corrected chi connectivity index (χ4v) is 2.77. The minimum atomic E-state index is -1.04. The van der Waals surface area contributed by atoms with E-state index in [2.05, 4.69) is 15.9 Å². The summed E-state index contributed by atoms with van der Waals surface area (Å²) in [4.78, 5) is 24.1. The number of carboxylic acid groups (broad SMARTS) is 1. The summed E-state index contributed by atoms with van der Waals surface area (Å²) in [5.74, 6) is -1.25. The molecule has 0 aliphatic rings. The normalized spacial score (nSPS) is 10.8. The molecule has 3 aromatic rings. The number of aromatic carboxylic acids is 1. The Balaban J connectivity index is 2.24. The van der Waals surface area contributed by atoms with Gasteiger partial charge < -0.3 is 9.51 Å². The molecule has 0 saturated heterocycles. The number of aromatic nitrogens is 1. The average molecular weight is 358 g/mol. The number of benzene rings is 1. The second-order valence-corrected chi connectivity index (χ2v) is 5.89. The first-order valence-corrected chi connectivity index (χ1v) is 7.43. The number of nitrogens with zero attached hydrogens (tertiary/aromatic N) is 1. The lowest BCUT2D eigenvalue weighted by molar-refractivity contribution is 0.0699. The molecule has 0 saturated carbocycles. The molecular weight excluding hydrogens is 346 g/mol. The number of halogens is 1. The highest BCUT2D eigenvalue weighted by atomic mass is 79.9. The van der Waals surface area contributed by atoms with Crippen LogP contribution in [0.25, 0.3) is 5.52 Å². The highest BCUT2D eigenvalue weighted by Crippen LogP contribution is 2.22. The van der Waals surface area contributed by atoms with Gasteiger partial charge in [-0.3, -0.25) is 4.79 Å². The summed E-state index contributed by atoms with van der Waals surface area (Å²) in [6.07, 6.45) is 0. The van der Waals surface area contributed by atoms with E-state index in [0.717, 1.165) is 10.2 Å².